The predicted molar refractivity (Wildman–Crippen MR) is 134 cm³/mol. The van der Waals surface area contributed by atoms with E-state index in [0.29, 0.717) is 18.2 Å². The van der Waals surface area contributed by atoms with Crippen LogP contribution in [-0.4, -0.2) is 75.2 Å². The molecule has 34 heavy (non-hydrogen) atoms. The largest absolute Gasteiger partial charge is 0.379 e. The van der Waals surface area contributed by atoms with Gasteiger partial charge in [0.15, 0.2) is 5.65 Å². The molecule has 0 radical (unpaired) electrons. The van der Waals surface area contributed by atoms with Crippen LogP contribution in [0.15, 0.2) is 59.8 Å². The lowest BCUT2D eigenvalue weighted by Crippen LogP contribution is -2.42. The summed E-state index contributed by atoms with van der Waals surface area (Å²) in [6.07, 6.45) is 0. The highest BCUT2D eigenvalue weighted by atomic mass is 32.2. The molecule has 0 spiro atoms. The summed E-state index contributed by atoms with van der Waals surface area (Å²) in [6, 6.07) is 18.5. The number of para-hydroxylation sites is 1. The Kier molecular flexibility index (Phi) is 7.03. The Morgan fingerprint density at radius 3 is 2.68 bits per heavy atom. The zero-order chi connectivity index (χ0) is 23.3. The lowest BCUT2D eigenvalue weighted by atomic mass is 10.2. The van der Waals surface area contributed by atoms with E-state index in [1.54, 1.807) is 0 Å². The number of amides is 1. The fraction of sp³-hybridized carbons (Fsp3) is 0.360. The number of hydrogen-bond donors (Lipinski definition) is 1. The summed E-state index contributed by atoms with van der Waals surface area (Å²) >= 11 is 1.33. The van der Waals surface area contributed by atoms with Crippen LogP contribution in [0.2, 0.25) is 0 Å². The van der Waals surface area contributed by atoms with Crippen molar-refractivity contribution >= 4 is 39.7 Å². The van der Waals surface area contributed by atoms with Gasteiger partial charge in [0, 0.05) is 38.1 Å². The van der Waals surface area contributed by atoms with Gasteiger partial charge in [-0.2, -0.15) is 0 Å². The lowest BCUT2D eigenvalue weighted by Gasteiger charge is -2.26. The number of thioether (sulfide) groups is 1. The molecule has 176 valence electrons. The van der Waals surface area contributed by atoms with Crippen LogP contribution in [0.4, 0.5) is 0 Å². The fourth-order valence-electron chi connectivity index (χ4n) is 4.18. The maximum absolute atomic E-state index is 12.6. The maximum Gasteiger partial charge on any atom is 0.233 e. The lowest BCUT2D eigenvalue weighted by molar-refractivity contribution is -0.120. The van der Waals surface area contributed by atoms with E-state index in [0.717, 1.165) is 54.9 Å². The van der Waals surface area contributed by atoms with Gasteiger partial charge in [-0.15, -0.1) is 10.2 Å². The van der Waals surface area contributed by atoms with Crippen LogP contribution in [0.5, 0.6) is 0 Å². The van der Waals surface area contributed by atoms with Crippen LogP contribution in [0.1, 0.15) is 12.5 Å². The Bertz CT molecular complexity index is 1270. The van der Waals surface area contributed by atoms with Gasteiger partial charge in [-0.1, -0.05) is 60.3 Å². The summed E-state index contributed by atoms with van der Waals surface area (Å²) in [5, 5.41) is 13.1. The first-order valence-electron chi connectivity index (χ1n) is 11.6. The molecular formula is C25H28N6O2S. The number of carbonyl (C=O) groups is 1. The third kappa shape index (κ3) is 5.06. The first-order valence-corrected chi connectivity index (χ1v) is 12.5. The first-order chi connectivity index (χ1) is 16.7. The Labute approximate surface area is 202 Å². The molecule has 2 aromatic heterocycles. The van der Waals surface area contributed by atoms with E-state index in [4.69, 9.17) is 9.72 Å². The van der Waals surface area contributed by atoms with Crippen molar-refractivity contribution in [1.82, 2.24) is 30.0 Å². The van der Waals surface area contributed by atoms with Gasteiger partial charge in [-0.05, 0) is 18.6 Å². The fourth-order valence-corrected chi connectivity index (χ4v) is 4.92. The minimum atomic E-state index is -0.323. The molecule has 0 bridgehead atoms. The molecule has 5 rings (SSSR count). The topological polar surface area (TPSA) is 85.2 Å². The standard InChI is InChI=1S/C25H28N6O2S/c1-18(24(32)26-11-12-30-13-15-33-16-14-30)34-25-27-23-22(28-29-25)20-9-5-6-10-21(20)31(23)17-19-7-3-2-4-8-19/h2-10,18H,11-17H2,1H3,(H,26,32). The summed E-state index contributed by atoms with van der Waals surface area (Å²) in [6.45, 7) is 7.35. The molecule has 9 heteroatoms. The molecule has 3 heterocycles. The van der Waals surface area contributed by atoms with Crippen LogP contribution in [0.25, 0.3) is 22.1 Å². The first kappa shape index (κ1) is 22.8. The quantitative estimate of drug-likeness (QED) is 0.391. The molecule has 1 amide bonds. The molecule has 0 aliphatic carbocycles. The number of carbonyl (C=O) groups excluding carboxylic acids is 1. The highest BCUT2D eigenvalue weighted by molar-refractivity contribution is 8.00. The van der Waals surface area contributed by atoms with Crippen LogP contribution in [0, 0.1) is 0 Å². The van der Waals surface area contributed by atoms with Crippen molar-refractivity contribution in [3.8, 4) is 0 Å². The Balaban J connectivity index is 1.32. The molecule has 1 aliphatic rings. The molecule has 1 atom stereocenters. The molecule has 8 nitrogen and oxygen atoms in total. The van der Waals surface area contributed by atoms with Crippen molar-refractivity contribution in [2.75, 3.05) is 39.4 Å². The Hall–Kier alpha value is -3.01. The predicted octanol–water partition coefficient (Wildman–Crippen LogP) is 2.96. The summed E-state index contributed by atoms with van der Waals surface area (Å²) in [7, 11) is 0. The van der Waals surface area contributed by atoms with Crippen molar-refractivity contribution in [3.63, 3.8) is 0 Å². The van der Waals surface area contributed by atoms with E-state index >= 15 is 0 Å². The van der Waals surface area contributed by atoms with Gasteiger partial charge in [0.1, 0.15) is 5.52 Å². The number of nitrogens with one attached hydrogen (secondary N) is 1. The van der Waals surface area contributed by atoms with Crippen molar-refractivity contribution in [2.45, 2.75) is 23.9 Å². The molecule has 1 N–H and O–H groups in total. The number of hydrogen-bond acceptors (Lipinski definition) is 7. The van der Waals surface area contributed by atoms with Crippen LogP contribution in [0.3, 0.4) is 0 Å². The Morgan fingerprint density at radius 2 is 1.85 bits per heavy atom. The average Bonchev–Trinajstić information content (AvgIpc) is 3.18. The Morgan fingerprint density at radius 1 is 1.09 bits per heavy atom. The number of aromatic nitrogens is 4. The van der Waals surface area contributed by atoms with Gasteiger partial charge < -0.3 is 14.6 Å². The van der Waals surface area contributed by atoms with Gasteiger partial charge in [0.25, 0.3) is 0 Å². The van der Waals surface area contributed by atoms with Crippen molar-refractivity contribution in [3.05, 3.63) is 60.2 Å². The van der Waals surface area contributed by atoms with Gasteiger partial charge in [0.2, 0.25) is 11.1 Å². The molecule has 1 saturated heterocycles. The molecule has 1 aliphatic heterocycles. The van der Waals surface area contributed by atoms with E-state index in [9.17, 15) is 4.79 Å². The molecule has 2 aromatic carbocycles. The second-order valence-corrected chi connectivity index (χ2v) is 9.67. The summed E-state index contributed by atoms with van der Waals surface area (Å²) in [5.41, 5.74) is 3.81. The number of benzene rings is 2. The minimum absolute atomic E-state index is 0.0215. The van der Waals surface area contributed by atoms with E-state index in [2.05, 4.69) is 43.2 Å². The van der Waals surface area contributed by atoms with Gasteiger partial charge in [-0.25, -0.2) is 4.98 Å². The summed E-state index contributed by atoms with van der Waals surface area (Å²) in [5.74, 6) is -0.0215. The summed E-state index contributed by atoms with van der Waals surface area (Å²) in [4.78, 5) is 19.8. The van der Waals surface area contributed by atoms with Gasteiger partial charge >= 0.3 is 0 Å². The van der Waals surface area contributed by atoms with E-state index < -0.39 is 0 Å². The molecule has 1 unspecified atom stereocenters. The highest BCUT2D eigenvalue weighted by Gasteiger charge is 2.20. The highest BCUT2D eigenvalue weighted by Crippen LogP contribution is 2.29. The molecule has 0 saturated carbocycles. The van der Waals surface area contributed by atoms with Gasteiger partial charge in [-0.3, -0.25) is 9.69 Å². The zero-order valence-corrected chi connectivity index (χ0v) is 20.0. The molecule has 4 aromatic rings. The van der Waals surface area contributed by atoms with Crippen LogP contribution < -0.4 is 5.32 Å². The van der Waals surface area contributed by atoms with Gasteiger partial charge in [0.05, 0.1) is 24.0 Å². The van der Waals surface area contributed by atoms with Crippen molar-refractivity contribution < 1.29 is 9.53 Å². The number of morpholine rings is 1. The SMILES string of the molecule is CC(Sc1nnc2c3ccccc3n(Cc3ccccc3)c2n1)C(=O)NCCN1CCOCC1. The third-order valence-corrected chi connectivity index (χ3v) is 6.97. The van der Waals surface area contributed by atoms with Crippen molar-refractivity contribution in [2.24, 2.45) is 0 Å². The van der Waals surface area contributed by atoms with E-state index in [1.807, 2.05) is 43.3 Å². The van der Waals surface area contributed by atoms with Crippen LogP contribution in [-0.2, 0) is 16.1 Å². The maximum atomic E-state index is 12.6. The number of fused-ring (bicyclic) bond motifs is 3. The number of nitrogens with zero attached hydrogens (tertiary/aromatic N) is 5. The number of ether oxygens (including phenoxy) is 1. The minimum Gasteiger partial charge on any atom is -0.379 e. The van der Waals surface area contributed by atoms with Crippen LogP contribution >= 0.6 is 11.8 Å². The van der Waals surface area contributed by atoms with Crippen molar-refractivity contribution in [1.29, 1.82) is 0 Å². The van der Waals surface area contributed by atoms with E-state index in [-0.39, 0.29) is 11.2 Å². The second-order valence-electron chi connectivity index (χ2n) is 8.36. The third-order valence-electron chi connectivity index (χ3n) is 6.02. The molecular weight excluding hydrogens is 448 g/mol. The monoisotopic (exact) mass is 476 g/mol. The molecule has 1 fully saturated rings. The van der Waals surface area contributed by atoms with E-state index in [1.165, 1.54) is 17.3 Å². The zero-order valence-electron chi connectivity index (χ0n) is 19.2. The smallest absolute Gasteiger partial charge is 0.233 e. The summed E-state index contributed by atoms with van der Waals surface area (Å²) < 4.78 is 7.54. The number of rotatable bonds is 8. The normalized spacial score (nSPS) is 15.6. The average molecular weight is 477 g/mol. The second kappa shape index (κ2) is 10.5.